The number of carbonyl (C=O) groups excluding carboxylic acids is 4. The molecule has 2 aliphatic rings. The van der Waals surface area contributed by atoms with Gasteiger partial charge in [0.2, 0.25) is 11.8 Å². The molecule has 0 saturated carbocycles. The van der Waals surface area contributed by atoms with Gasteiger partial charge in [0, 0.05) is 18.7 Å². The molecular weight excluding hydrogens is 422 g/mol. The summed E-state index contributed by atoms with van der Waals surface area (Å²) in [6.45, 7) is 2.63. The van der Waals surface area contributed by atoms with Crippen molar-refractivity contribution in [1.82, 2.24) is 10.2 Å². The van der Waals surface area contributed by atoms with Gasteiger partial charge in [-0.1, -0.05) is 6.07 Å². The van der Waals surface area contributed by atoms with Crippen molar-refractivity contribution < 1.29 is 38.5 Å². The number of piperidine rings is 1. The number of fused-ring (bicyclic) bond motifs is 1. The van der Waals surface area contributed by atoms with E-state index in [1.54, 1.807) is 18.2 Å². The quantitative estimate of drug-likeness (QED) is 0.269. The minimum Gasteiger partial charge on any atom is -0.394 e. The Morgan fingerprint density at radius 1 is 0.969 bits per heavy atom. The number of hydrogen-bond donors (Lipinski definition) is 3. The minimum atomic E-state index is -0.995. The summed E-state index contributed by atoms with van der Waals surface area (Å²) in [6, 6.07) is 3.90. The Hall–Kier alpha value is -2.86. The van der Waals surface area contributed by atoms with Gasteiger partial charge < -0.3 is 24.6 Å². The average molecular weight is 449 g/mol. The second-order valence-corrected chi connectivity index (χ2v) is 7.16. The lowest BCUT2D eigenvalue weighted by Gasteiger charge is -2.27. The summed E-state index contributed by atoms with van der Waals surface area (Å²) < 4.78 is 15.9. The molecular formula is C21H27N3O8. The topological polar surface area (TPSA) is 144 Å². The summed E-state index contributed by atoms with van der Waals surface area (Å²) in [5.41, 5.74) is 0.923. The van der Waals surface area contributed by atoms with Crippen molar-refractivity contribution in [3.05, 3.63) is 29.3 Å². The number of carbonyl (C=O) groups is 4. The third kappa shape index (κ3) is 5.68. The zero-order chi connectivity index (χ0) is 22.9. The first-order valence-electron chi connectivity index (χ1n) is 10.5. The molecule has 1 fully saturated rings. The number of aliphatic hydroxyl groups is 1. The van der Waals surface area contributed by atoms with Crippen molar-refractivity contribution in [3.63, 3.8) is 0 Å². The normalized spacial score (nSPS) is 18.2. The maximum absolute atomic E-state index is 13.0. The molecule has 3 rings (SSSR count). The summed E-state index contributed by atoms with van der Waals surface area (Å²) in [4.78, 5) is 50.3. The summed E-state index contributed by atoms with van der Waals surface area (Å²) in [6.07, 6.45) is 0.189. The molecule has 1 unspecified atom stereocenters. The first-order chi connectivity index (χ1) is 15.5. The van der Waals surface area contributed by atoms with Crippen molar-refractivity contribution in [2.24, 2.45) is 0 Å². The number of anilines is 1. The first-order valence-corrected chi connectivity index (χ1v) is 10.5. The Balaban J connectivity index is 1.47. The van der Waals surface area contributed by atoms with Crippen molar-refractivity contribution >= 4 is 29.3 Å². The maximum atomic E-state index is 13.0. The number of ether oxygens (including phenoxy) is 3. The highest BCUT2D eigenvalue weighted by Gasteiger charge is 2.45. The molecule has 4 amide bonds. The average Bonchev–Trinajstić information content (AvgIpc) is 3.03. The van der Waals surface area contributed by atoms with E-state index in [-0.39, 0.29) is 37.2 Å². The van der Waals surface area contributed by atoms with Gasteiger partial charge in [-0.25, -0.2) is 0 Å². The number of rotatable bonds is 13. The van der Waals surface area contributed by atoms with Crippen molar-refractivity contribution in [3.8, 4) is 0 Å². The molecule has 2 heterocycles. The third-order valence-electron chi connectivity index (χ3n) is 5.01. The smallest absolute Gasteiger partial charge is 0.264 e. The maximum Gasteiger partial charge on any atom is 0.264 e. The van der Waals surface area contributed by atoms with Crippen LogP contribution in [0.25, 0.3) is 0 Å². The van der Waals surface area contributed by atoms with Crippen LogP contribution in [0.5, 0.6) is 0 Å². The van der Waals surface area contributed by atoms with Gasteiger partial charge in [0.15, 0.2) is 0 Å². The summed E-state index contributed by atoms with van der Waals surface area (Å²) in [5.74, 6) is -2.15. The standard InChI is InChI=1S/C21H27N3O8/c25-7-9-31-11-13-32-12-10-30-8-6-22-15-3-1-2-14-18(15)21(29)24(20(14)28)16-4-5-17(26)23-19(16)27/h1-3,16,22,25H,4-13H2,(H,23,26,27). The van der Waals surface area contributed by atoms with Crippen LogP contribution in [0, 0.1) is 0 Å². The largest absolute Gasteiger partial charge is 0.394 e. The van der Waals surface area contributed by atoms with E-state index in [2.05, 4.69) is 10.6 Å². The van der Waals surface area contributed by atoms with Crippen molar-refractivity contribution in [1.29, 1.82) is 0 Å². The van der Waals surface area contributed by atoms with E-state index >= 15 is 0 Å². The second-order valence-electron chi connectivity index (χ2n) is 7.16. The molecule has 2 aliphatic heterocycles. The molecule has 174 valence electrons. The van der Waals surface area contributed by atoms with Gasteiger partial charge in [0.05, 0.1) is 57.4 Å². The fraction of sp³-hybridized carbons (Fsp3) is 0.524. The molecule has 1 atom stereocenters. The molecule has 11 nitrogen and oxygen atoms in total. The Labute approximate surface area is 185 Å². The third-order valence-corrected chi connectivity index (χ3v) is 5.01. The lowest BCUT2D eigenvalue weighted by molar-refractivity contribution is -0.136. The fourth-order valence-corrected chi connectivity index (χ4v) is 3.53. The number of nitrogens with zero attached hydrogens (tertiary/aromatic N) is 1. The van der Waals surface area contributed by atoms with Gasteiger partial charge in [0.1, 0.15) is 6.04 Å². The van der Waals surface area contributed by atoms with Crippen LogP contribution in [-0.2, 0) is 23.8 Å². The van der Waals surface area contributed by atoms with E-state index in [1.807, 2.05) is 0 Å². The molecule has 0 bridgehead atoms. The lowest BCUT2D eigenvalue weighted by atomic mass is 10.0. The minimum absolute atomic E-state index is 0.0184. The van der Waals surface area contributed by atoms with E-state index in [0.29, 0.717) is 45.3 Å². The zero-order valence-electron chi connectivity index (χ0n) is 17.6. The molecule has 0 aromatic heterocycles. The number of imide groups is 2. The van der Waals surface area contributed by atoms with E-state index in [1.165, 1.54) is 0 Å². The number of nitrogens with one attached hydrogen (secondary N) is 2. The fourth-order valence-electron chi connectivity index (χ4n) is 3.53. The highest BCUT2D eigenvalue weighted by atomic mass is 16.5. The van der Waals surface area contributed by atoms with Crippen LogP contribution in [0.2, 0.25) is 0 Å². The van der Waals surface area contributed by atoms with E-state index < -0.39 is 29.7 Å². The van der Waals surface area contributed by atoms with Gasteiger partial charge in [0.25, 0.3) is 11.8 Å². The summed E-state index contributed by atoms with van der Waals surface area (Å²) in [5, 5.41) is 13.9. The molecule has 11 heteroatoms. The molecule has 1 aromatic carbocycles. The molecule has 1 aromatic rings. The van der Waals surface area contributed by atoms with Crippen molar-refractivity contribution in [2.45, 2.75) is 18.9 Å². The number of aliphatic hydroxyl groups excluding tert-OH is 1. The molecule has 0 radical (unpaired) electrons. The van der Waals surface area contributed by atoms with E-state index in [0.717, 1.165) is 4.90 Å². The molecule has 3 N–H and O–H groups in total. The Morgan fingerprint density at radius 2 is 1.66 bits per heavy atom. The van der Waals surface area contributed by atoms with Gasteiger partial charge >= 0.3 is 0 Å². The monoisotopic (exact) mass is 449 g/mol. The first kappa shape index (κ1) is 23.8. The molecule has 1 saturated heterocycles. The SMILES string of the molecule is O=C1CCC(N2C(=O)c3cccc(NCCOCCOCCOCCO)c3C2=O)C(=O)N1. The molecule has 32 heavy (non-hydrogen) atoms. The predicted octanol–water partition coefficient (Wildman–Crippen LogP) is -0.458. The zero-order valence-corrected chi connectivity index (χ0v) is 17.6. The van der Waals surface area contributed by atoms with Crippen LogP contribution in [0.3, 0.4) is 0 Å². The number of amides is 4. The second kappa shape index (κ2) is 11.7. The Kier molecular flexibility index (Phi) is 8.68. The van der Waals surface area contributed by atoms with E-state index in [4.69, 9.17) is 19.3 Å². The summed E-state index contributed by atoms with van der Waals surface area (Å²) >= 11 is 0. The highest BCUT2D eigenvalue weighted by molar-refractivity contribution is 6.25. The Morgan fingerprint density at radius 3 is 2.34 bits per heavy atom. The van der Waals surface area contributed by atoms with Crippen LogP contribution < -0.4 is 10.6 Å². The van der Waals surface area contributed by atoms with Crippen LogP contribution >= 0.6 is 0 Å². The van der Waals surface area contributed by atoms with Gasteiger partial charge in [-0.15, -0.1) is 0 Å². The molecule has 0 aliphatic carbocycles. The van der Waals surface area contributed by atoms with Crippen LogP contribution in [0.15, 0.2) is 18.2 Å². The van der Waals surface area contributed by atoms with Crippen LogP contribution in [0.4, 0.5) is 5.69 Å². The van der Waals surface area contributed by atoms with Gasteiger partial charge in [-0.05, 0) is 18.6 Å². The highest BCUT2D eigenvalue weighted by Crippen LogP contribution is 2.32. The van der Waals surface area contributed by atoms with Crippen LogP contribution in [0.1, 0.15) is 33.6 Å². The number of benzene rings is 1. The van der Waals surface area contributed by atoms with Gasteiger partial charge in [-0.3, -0.25) is 29.4 Å². The predicted molar refractivity (Wildman–Crippen MR) is 111 cm³/mol. The molecule has 0 spiro atoms. The summed E-state index contributed by atoms with van der Waals surface area (Å²) in [7, 11) is 0. The van der Waals surface area contributed by atoms with Crippen LogP contribution in [-0.4, -0.2) is 92.5 Å². The van der Waals surface area contributed by atoms with Crippen molar-refractivity contribution in [2.75, 3.05) is 58.1 Å². The Bertz CT molecular complexity index is 859. The van der Waals surface area contributed by atoms with E-state index in [9.17, 15) is 19.2 Å². The lowest BCUT2D eigenvalue weighted by Crippen LogP contribution is -2.54. The number of hydrogen-bond acceptors (Lipinski definition) is 9. The van der Waals surface area contributed by atoms with Gasteiger partial charge in [-0.2, -0.15) is 0 Å².